The van der Waals surface area contributed by atoms with Crippen molar-refractivity contribution in [3.05, 3.63) is 47.0 Å². The Kier molecular flexibility index (Phi) is 4.20. The molecule has 0 spiro atoms. The van der Waals surface area contributed by atoms with Crippen LogP contribution >= 0.6 is 0 Å². The average Bonchev–Trinajstić information content (AvgIpc) is 2.96. The van der Waals surface area contributed by atoms with E-state index in [0.29, 0.717) is 22.3 Å². The summed E-state index contributed by atoms with van der Waals surface area (Å²) in [5, 5.41) is 28.9. The number of phenols is 1. The molecule has 1 unspecified atom stereocenters. The fourth-order valence-electron chi connectivity index (χ4n) is 2.78. The van der Waals surface area contributed by atoms with Crippen LogP contribution < -0.4 is 0 Å². The third-order valence-electron chi connectivity index (χ3n) is 4.39. The summed E-state index contributed by atoms with van der Waals surface area (Å²) >= 11 is 0. The third kappa shape index (κ3) is 3.07. The van der Waals surface area contributed by atoms with Crippen LogP contribution in [0.2, 0.25) is 0 Å². The van der Waals surface area contributed by atoms with Gasteiger partial charge in [0.1, 0.15) is 22.5 Å². The van der Waals surface area contributed by atoms with Crippen LogP contribution in [0, 0.1) is 6.92 Å². The van der Waals surface area contributed by atoms with Gasteiger partial charge in [-0.05, 0) is 54.7 Å². The number of hydrogen-bond donors (Lipinski definition) is 2. The lowest BCUT2D eigenvalue weighted by Crippen LogP contribution is -2.10. The van der Waals surface area contributed by atoms with Gasteiger partial charge in [0.2, 0.25) is 0 Å². The van der Waals surface area contributed by atoms with E-state index in [-0.39, 0.29) is 11.7 Å². The second kappa shape index (κ2) is 6.20. The standard InChI is InChI=1S/C19H21N3O3/c1-10(2)14-8-13(12(4)19(24)25)9-17(18(14)23)22-20-15-6-5-11(3)7-16(15)21-22/h5-10,12,23H,1-4H3,(H,24,25). The van der Waals surface area contributed by atoms with Gasteiger partial charge in [-0.25, -0.2) is 0 Å². The van der Waals surface area contributed by atoms with Crippen LogP contribution in [0.25, 0.3) is 16.7 Å². The molecular formula is C19H21N3O3. The van der Waals surface area contributed by atoms with E-state index in [0.717, 1.165) is 11.1 Å². The highest BCUT2D eigenvalue weighted by Gasteiger charge is 2.21. The maximum Gasteiger partial charge on any atom is 0.310 e. The second-order valence-electron chi connectivity index (χ2n) is 6.67. The van der Waals surface area contributed by atoms with Gasteiger partial charge in [-0.1, -0.05) is 26.0 Å². The lowest BCUT2D eigenvalue weighted by Gasteiger charge is -2.16. The topological polar surface area (TPSA) is 88.2 Å². The van der Waals surface area contributed by atoms with Crippen molar-refractivity contribution in [2.24, 2.45) is 0 Å². The number of rotatable bonds is 4. The fraction of sp³-hybridized carbons (Fsp3) is 0.316. The molecule has 6 heteroatoms. The van der Waals surface area contributed by atoms with Crippen molar-refractivity contribution in [2.75, 3.05) is 0 Å². The summed E-state index contributed by atoms with van der Waals surface area (Å²) in [6.45, 7) is 7.50. The highest BCUT2D eigenvalue weighted by atomic mass is 16.4. The van der Waals surface area contributed by atoms with Crippen LogP contribution in [0.15, 0.2) is 30.3 Å². The number of carboxylic acids is 1. The number of aromatic hydroxyl groups is 1. The first-order valence-corrected chi connectivity index (χ1v) is 8.21. The van der Waals surface area contributed by atoms with Gasteiger partial charge in [-0.3, -0.25) is 4.79 Å². The maximum absolute atomic E-state index is 11.4. The molecule has 3 aromatic rings. The first-order chi connectivity index (χ1) is 11.8. The van der Waals surface area contributed by atoms with Crippen molar-refractivity contribution in [1.82, 2.24) is 15.0 Å². The summed E-state index contributed by atoms with van der Waals surface area (Å²) in [7, 11) is 0. The SMILES string of the molecule is Cc1ccc2nn(-c3cc(C(C)C(=O)O)cc(C(C)C)c3O)nc2c1. The normalized spacial score (nSPS) is 12.7. The Bertz CT molecular complexity index is 960. The van der Waals surface area contributed by atoms with E-state index in [1.165, 1.54) is 4.80 Å². The molecule has 0 bridgehead atoms. The zero-order valence-corrected chi connectivity index (χ0v) is 14.7. The third-order valence-corrected chi connectivity index (χ3v) is 4.39. The van der Waals surface area contributed by atoms with E-state index in [1.54, 1.807) is 19.1 Å². The van der Waals surface area contributed by atoms with Gasteiger partial charge >= 0.3 is 5.97 Å². The van der Waals surface area contributed by atoms with Crippen LogP contribution in [0.4, 0.5) is 0 Å². The molecule has 2 aromatic carbocycles. The van der Waals surface area contributed by atoms with Crippen LogP contribution in [0.5, 0.6) is 5.75 Å². The number of fused-ring (bicyclic) bond motifs is 1. The van der Waals surface area contributed by atoms with Gasteiger partial charge in [-0.15, -0.1) is 15.0 Å². The molecule has 1 aromatic heterocycles. The lowest BCUT2D eigenvalue weighted by molar-refractivity contribution is -0.138. The Labute approximate surface area is 145 Å². The molecule has 1 atom stereocenters. The van der Waals surface area contributed by atoms with Crippen LogP contribution in [0.3, 0.4) is 0 Å². The Balaban J connectivity index is 2.23. The lowest BCUT2D eigenvalue weighted by atomic mass is 9.93. The highest BCUT2D eigenvalue weighted by Crippen LogP contribution is 2.35. The average molecular weight is 339 g/mol. The van der Waals surface area contributed by atoms with Crippen molar-refractivity contribution in [3.8, 4) is 11.4 Å². The molecule has 2 N–H and O–H groups in total. The molecule has 0 aliphatic rings. The van der Waals surface area contributed by atoms with Crippen molar-refractivity contribution in [1.29, 1.82) is 0 Å². The molecule has 3 rings (SSSR count). The van der Waals surface area contributed by atoms with Gasteiger partial charge < -0.3 is 10.2 Å². The summed E-state index contributed by atoms with van der Waals surface area (Å²) in [6.07, 6.45) is 0. The molecule has 130 valence electrons. The molecule has 0 saturated carbocycles. The predicted molar refractivity (Wildman–Crippen MR) is 95.4 cm³/mol. The summed E-state index contributed by atoms with van der Waals surface area (Å²) < 4.78 is 0. The summed E-state index contributed by atoms with van der Waals surface area (Å²) in [6, 6.07) is 9.13. The first kappa shape index (κ1) is 17.0. The first-order valence-electron chi connectivity index (χ1n) is 8.21. The summed E-state index contributed by atoms with van der Waals surface area (Å²) in [4.78, 5) is 12.8. The van der Waals surface area contributed by atoms with Gasteiger partial charge in [0, 0.05) is 0 Å². The van der Waals surface area contributed by atoms with Gasteiger partial charge in [0.05, 0.1) is 5.92 Å². The minimum atomic E-state index is -0.916. The number of aromatic nitrogens is 3. The monoisotopic (exact) mass is 339 g/mol. The van der Waals surface area contributed by atoms with Crippen molar-refractivity contribution in [2.45, 2.75) is 39.5 Å². The van der Waals surface area contributed by atoms with E-state index < -0.39 is 11.9 Å². The Morgan fingerprint density at radius 3 is 2.40 bits per heavy atom. The van der Waals surface area contributed by atoms with E-state index in [2.05, 4.69) is 10.2 Å². The number of carboxylic acid groups (broad SMARTS) is 1. The van der Waals surface area contributed by atoms with E-state index in [4.69, 9.17) is 0 Å². The number of benzene rings is 2. The molecule has 0 fully saturated rings. The molecule has 0 aliphatic heterocycles. The number of aryl methyl sites for hydroxylation is 1. The number of nitrogens with zero attached hydrogens (tertiary/aromatic N) is 3. The van der Waals surface area contributed by atoms with Crippen LogP contribution in [0.1, 0.15) is 49.3 Å². The minimum Gasteiger partial charge on any atom is -0.505 e. The largest absolute Gasteiger partial charge is 0.505 e. The van der Waals surface area contributed by atoms with Gasteiger partial charge in [0.25, 0.3) is 0 Å². The van der Waals surface area contributed by atoms with E-state index >= 15 is 0 Å². The molecular weight excluding hydrogens is 318 g/mol. The van der Waals surface area contributed by atoms with E-state index in [1.807, 2.05) is 39.0 Å². The molecule has 0 aliphatic carbocycles. The highest BCUT2D eigenvalue weighted by molar-refractivity contribution is 5.77. The van der Waals surface area contributed by atoms with Crippen molar-refractivity contribution < 1.29 is 15.0 Å². The fourth-order valence-corrected chi connectivity index (χ4v) is 2.78. The molecule has 0 radical (unpaired) electrons. The number of phenolic OH excluding ortho intramolecular Hbond substituents is 1. The molecule has 0 amide bonds. The maximum atomic E-state index is 11.4. The smallest absolute Gasteiger partial charge is 0.310 e. The molecule has 6 nitrogen and oxygen atoms in total. The second-order valence-corrected chi connectivity index (χ2v) is 6.67. The number of carbonyl (C=O) groups is 1. The Hall–Kier alpha value is -2.89. The van der Waals surface area contributed by atoms with Gasteiger partial charge in [-0.2, -0.15) is 0 Å². The van der Waals surface area contributed by atoms with Crippen molar-refractivity contribution >= 4 is 17.0 Å². The zero-order chi connectivity index (χ0) is 18.3. The summed E-state index contributed by atoms with van der Waals surface area (Å²) in [5.74, 6) is -1.50. The zero-order valence-electron chi connectivity index (χ0n) is 14.7. The number of aliphatic carboxylic acids is 1. The Morgan fingerprint density at radius 2 is 1.76 bits per heavy atom. The molecule has 0 saturated heterocycles. The van der Waals surface area contributed by atoms with E-state index in [9.17, 15) is 15.0 Å². The van der Waals surface area contributed by atoms with Crippen molar-refractivity contribution in [3.63, 3.8) is 0 Å². The summed E-state index contributed by atoms with van der Waals surface area (Å²) in [5.41, 5.74) is 4.19. The Morgan fingerprint density at radius 1 is 1.08 bits per heavy atom. The predicted octanol–water partition coefficient (Wildman–Crippen LogP) is 3.75. The van der Waals surface area contributed by atoms with Gasteiger partial charge in [0.15, 0.2) is 0 Å². The van der Waals surface area contributed by atoms with Crippen LogP contribution in [-0.4, -0.2) is 31.2 Å². The molecule has 1 heterocycles. The minimum absolute atomic E-state index is 0.0342. The molecule has 25 heavy (non-hydrogen) atoms. The van der Waals surface area contributed by atoms with Crippen LogP contribution in [-0.2, 0) is 4.79 Å². The quantitative estimate of drug-likeness (QED) is 0.756. The number of hydrogen-bond acceptors (Lipinski definition) is 4.